The fourth-order valence-electron chi connectivity index (χ4n) is 3.61. The zero-order valence-electron chi connectivity index (χ0n) is 15.3. The molecule has 1 aliphatic heterocycles. The molecule has 0 amide bonds. The summed E-state index contributed by atoms with van der Waals surface area (Å²) in [5.41, 5.74) is 3.56. The first-order chi connectivity index (χ1) is 12.3. The zero-order chi connectivity index (χ0) is 18.6. The van der Waals surface area contributed by atoms with Gasteiger partial charge in [-0.3, -0.25) is 9.89 Å². The highest BCUT2D eigenvalue weighted by Crippen LogP contribution is 2.38. The average molecular weight is 348 g/mol. The SMILES string of the molecule is CC(C)c1c(-c2ccc3c(c2)CC(C)(C)O3)nc2c(C#N)c[nH]n2c1=O. The molecular weight excluding hydrogens is 328 g/mol. The quantitative estimate of drug-likeness (QED) is 0.769. The molecule has 1 N–H and O–H groups in total. The fourth-order valence-corrected chi connectivity index (χ4v) is 3.61. The van der Waals surface area contributed by atoms with Crippen LogP contribution in [0.25, 0.3) is 16.9 Å². The summed E-state index contributed by atoms with van der Waals surface area (Å²) >= 11 is 0. The van der Waals surface area contributed by atoms with E-state index in [2.05, 4.69) is 30.0 Å². The summed E-state index contributed by atoms with van der Waals surface area (Å²) < 4.78 is 7.29. The lowest BCUT2D eigenvalue weighted by Gasteiger charge is -2.16. The van der Waals surface area contributed by atoms with Crippen molar-refractivity contribution >= 4 is 5.65 Å². The number of fused-ring (bicyclic) bond motifs is 2. The first-order valence-electron chi connectivity index (χ1n) is 8.67. The van der Waals surface area contributed by atoms with Gasteiger partial charge < -0.3 is 4.74 Å². The molecule has 2 aromatic heterocycles. The summed E-state index contributed by atoms with van der Waals surface area (Å²) in [6, 6.07) is 8.01. The maximum Gasteiger partial charge on any atom is 0.276 e. The van der Waals surface area contributed by atoms with Gasteiger partial charge in [0.2, 0.25) is 0 Å². The molecule has 0 radical (unpaired) electrons. The molecule has 4 rings (SSSR count). The minimum Gasteiger partial charge on any atom is -0.487 e. The lowest BCUT2D eigenvalue weighted by Crippen LogP contribution is -2.24. The molecular formula is C20H20N4O2. The van der Waals surface area contributed by atoms with Crippen molar-refractivity contribution in [3.63, 3.8) is 0 Å². The van der Waals surface area contributed by atoms with Gasteiger partial charge in [0.1, 0.15) is 23.0 Å². The molecule has 6 heteroatoms. The van der Waals surface area contributed by atoms with Crippen LogP contribution in [0.2, 0.25) is 0 Å². The second kappa shape index (κ2) is 5.46. The standard InChI is InChI=1S/C20H20N4O2/c1-11(2)16-17(23-18-14(9-21)10-22-24(18)19(16)25)12-5-6-15-13(7-12)8-20(3,4)26-15/h5-7,10-11,22H,8H2,1-4H3. The van der Waals surface area contributed by atoms with Crippen molar-refractivity contribution < 1.29 is 4.74 Å². The third-order valence-corrected chi connectivity index (χ3v) is 4.73. The van der Waals surface area contributed by atoms with Gasteiger partial charge in [0, 0.05) is 23.7 Å². The third-order valence-electron chi connectivity index (χ3n) is 4.73. The zero-order valence-corrected chi connectivity index (χ0v) is 15.3. The Balaban J connectivity index is 1.99. The number of aromatic amines is 1. The summed E-state index contributed by atoms with van der Waals surface area (Å²) in [6.45, 7) is 8.06. The lowest BCUT2D eigenvalue weighted by molar-refractivity contribution is 0.138. The number of nitriles is 1. The van der Waals surface area contributed by atoms with Crippen LogP contribution in [-0.4, -0.2) is 20.2 Å². The average Bonchev–Trinajstić information content (AvgIpc) is 3.12. The Kier molecular flexibility index (Phi) is 3.45. The van der Waals surface area contributed by atoms with E-state index in [0.717, 1.165) is 23.3 Å². The predicted octanol–water partition coefficient (Wildman–Crippen LogP) is 3.40. The first kappa shape index (κ1) is 16.4. The molecule has 0 bridgehead atoms. The van der Waals surface area contributed by atoms with Gasteiger partial charge in [-0.15, -0.1) is 0 Å². The smallest absolute Gasteiger partial charge is 0.276 e. The predicted molar refractivity (Wildman–Crippen MR) is 98.5 cm³/mol. The van der Waals surface area contributed by atoms with Crippen molar-refractivity contribution in [2.24, 2.45) is 0 Å². The van der Waals surface area contributed by atoms with E-state index in [4.69, 9.17) is 4.74 Å². The van der Waals surface area contributed by atoms with Crippen molar-refractivity contribution in [1.29, 1.82) is 5.26 Å². The van der Waals surface area contributed by atoms with E-state index in [0.29, 0.717) is 22.5 Å². The van der Waals surface area contributed by atoms with Gasteiger partial charge in [0.05, 0.1) is 5.69 Å². The van der Waals surface area contributed by atoms with Crippen LogP contribution >= 0.6 is 0 Å². The van der Waals surface area contributed by atoms with Crippen LogP contribution in [0.1, 0.15) is 50.3 Å². The Bertz CT molecular complexity index is 1130. The lowest BCUT2D eigenvalue weighted by atomic mass is 9.95. The van der Waals surface area contributed by atoms with Crippen LogP contribution < -0.4 is 10.3 Å². The molecule has 0 atom stereocenters. The Morgan fingerprint density at radius 3 is 2.85 bits per heavy atom. The molecule has 0 saturated heterocycles. The number of nitrogens with zero attached hydrogens (tertiary/aromatic N) is 3. The highest BCUT2D eigenvalue weighted by atomic mass is 16.5. The first-order valence-corrected chi connectivity index (χ1v) is 8.67. The molecule has 132 valence electrons. The maximum absolute atomic E-state index is 13.0. The van der Waals surface area contributed by atoms with Crippen LogP contribution in [0.3, 0.4) is 0 Å². The van der Waals surface area contributed by atoms with Crippen LogP contribution in [0.15, 0.2) is 29.2 Å². The topological polar surface area (TPSA) is 83.2 Å². The minimum absolute atomic E-state index is 0.00307. The van der Waals surface area contributed by atoms with Crippen LogP contribution in [0.5, 0.6) is 5.75 Å². The number of benzene rings is 1. The Morgan fingerprint density at radius 1 is 1.38 bits per heavy atom. The molecule has 6 nitrogen and oxygen atoms in total. The molecule has 26 heavy (non-hydrogen) atoms. The van der Waals surface area contributed by atoms with E-state index >= 15 is 0 Å². The molecule has 0 spiro atoms. The highest BCUT2D eigenvalue weighted by Gasteiger charge is 2.30. The van der Waals surface area contributed by atoms with Crippen LogP contribution in [0, 0.1) is 11.3 Å². The minimum atomic E-state index is -0.229. The molecule has 0 fully saturated rings. The monoisotopic (exact) mass is 348 g/mol. The van der Waals surface area contributed by atoms with E-state index in [9.17, 15) is 10.1 Å². The van der Waals surface area contributed by atoms with Crippen LogP contribution in [0.4, 0.5) is 0 Å². The van der Waals surface area contributed by atoms with Gasteiger partial charge in [-0.25, -0.2) is 9.50 Å². The van der Waals surface area contributed by atoms with E-state index in [-0.39, 0.29) is 17.1 Å². The summed E-state index contributed by atoms with van der Waals surface area (Å²) in [5, 5.41) is 12.1. The van der Waals surface area contributed by atoms with Gasteiger partial charge in [0.25, 0.3) is 5.56 Å². The molecule has 1 aliphatic rings. The van der Waals surface area contributed by atoms with Gasteiger partial charge in [0.15, 0.2) is 5.65 Å². The number of rotatable bonds is 2. The van der Waals surface area contributed by atoms with Crippen molar-refractivity contribution in [2.45, 2.75) is 45.6 Å². The van der Waals surface area contributed by atoms with Gasteiger partial charge in [-0.05, 0) is 43.5 Å². The summed E-state index contributed by atoms with van der Waals surface area (Å²) in [6.07, 6.45) is 2.32. The van der Waals surface area contributed by atoms with Crippen molar-refractivity contribution in [1.82, 2.24) is 14.6 Å². The second-order valence-corrected chi connectivity index (χ2v) is 7.65. The van der Waals surface area contributed by atoms with E-state index in [1.54, 1.807) is 0 Å². The molecule has 0 unspecified atom stereocenters. The van der Waals surface area contributed by atoms with E-state index < -0.39 is 0 Å². The number of hydrogen-bond donors (Lipinski definition) is 1. The van der Waals surface area contributed by atoms with E-state index in [1.807, 2.05) is 32.0 Å². The van der Waals surface area contributed by atoms with E-state index in [1.165, 1.54) is 10.7 Å². The van der Waals surface area contributed by atoms with Crippen molar-refractivity contribution in [3.8, 4) is 23.1 Å². The maximum atomic E-state index is 13.0. The largest absolute Gasteiger partial charge is 0.487 e. The molecule has 0 aliphatic carbocycles. The number of hydrogen-bond acceptors (Lipinski definition) is 4. The normalized spacial score (nSPS) is 15.1. The van der Waals surface area contributed by atoms with Crippen molar-refractivity contribution in [2.75, 3.05) is 0 Å². The number of nitrogens with one attached hydrogen (secondary N) is 1. The Labute approximate surface area is 151 Å². The second-order valence-electron chi connectivity index (χ2n) is 7.65. The Hall–Kier alpha value is -3.07. The summed E-state index contributed by atoms with van der Waals surface area (Å²) in [5.74, 6) is 0.874. The third kappa shape index (κ3) is 2.39. The van der Waals surface area contributed by atoms with Gasteiger partial charge in [-0.1, -0.05) is 13.8 Å². The molecule has 0 saturated carbocycles. The number of aromatic nitrogens is 3. The number of H-pyrrole nitrogens is 1. The summed E-state index contributed by atoms with van der Waals surface area (Å²) in [7, 11) is 0. The van der Waals surface area contributed by atoms with Gasteiger partial charge in [-0.2, -0.15) is 5.26 Å². The fraction of sp³-hybridized carbons (Fsp3) is 0.350. The van der Waals surface area contributed by atoms with Crippen LogP contribution in [-0.2, 0) is 6.42 Å². The summed E-state index contributed by atoms with van der Waals surface area (Å²) in [4.78, 5) is 17.7. The molecule has 3 aromatic rings. The molecule has 3 heterocycles. The Morgan fingerprint density at radius 2 is 2.15 bits per heavy atom. The van der Waals surface area contributed by atoms with Crippen molar-refractivity contribution in [3.05, 3.63) is 51.4 Å². The number of ether oxygens (including phenoxy) is 1. The van der Waals surface area contributed by atoms with Gasteiger partial charge >= 0.3 is 0 Å². The molecule has 1 aromatic carbocycles. The highest BCUT2D eigenvalue weighted by molar-refractivity contribution is 5.70.